The van der Waals surface area contributed by atoms with Crippen LogP contribution >= 0.6 is 0 Å². The Balaban J connectivity index is 1.85. The maximum Gasteiger partial charge on any atom is 0.337 e. The molecule has 0 aliphatic carbocycles. The number of carbonyl (C=O) groups is 2. The third-order valence-corrected chi connectivity index (χ3v) is 4.42. The Morgan fingerprint density at radius 2 is 1.81 bits per heavy atom. The lowest BCUT2D eigenvalue weighted by molar-refractivity contribution is 0.0600. The van der Waals surface area contributed by atoms with Crippen LogP contribution in [0.4, 0.5) is 10.5 Å². The molecule has 0 heterocycles. The largest absolute Gasteiger partial charge is 0.465 e. The second-order valence-corrected chi connectivity index (χ2v) is 6.95. The molecule has 2 aromatic carbocycles. The zero-order valence-corrected chi connectivity index (χ0v) is 14.9. The van der Waals surface area contributed by atoms with E-state index in [1.54, 1.807) is 30.3 Å². The molecule has 0 fully saturated rings. The summed E-state index contributed by atoms with van der Waals surface area (Å²) in [7, 11) is -2.43. The van der Waals surface area contributed by atoms with Gasteiger partial charge < -0.3 is 15.4 Å². The number of hydrogen-bond acceptors (Lipinski definition) is 5. The van der Waals surface area contributed by atoms with E-state index in [1.165, 1.54) is 25.3 Å². The van der Waals surface area contributed by atoms with Crippen LogP contribution in [0.25, 0.3) is 0 Å². The van der Waals surface area contributed by atoms with Gasteiger partial charge in [-0.1, -0.05) is 18.2 Å². The molecule has 0 radical (unpaired) electrons. The smallest absolute Gasteiger partial charge is 0.337 e. The van der Waals surface area contributed by atoms with E-state index >= 15 is 0 Å². The van der Waals surface area contributed by atoms with Gasteiger partial charge in [0.2, 0.25) is 10.0 Å². The van der Waals surface area contributed by atoms with Gasteiger partial charge in [-0.25, -0.2) is 23.1 Å². The summed E-state index contributed by atoms with van der Waals surface area (Å²) in [5, 5.41) is 10.3. The average molecular weight is 377 g/mol. The Bertz CT molecular complexity index is 895. The number of esters is 1. The minimum Gasteiger partial charge on any atom is -0.465 e. The lowest BCUT2D eigenvalue weighted by atomic mass is 10.1. The highest BCUT2D eigenvalue weighted by atomic mass is 32.2. The Kier molecular flexibility index (Phi) is 6.31. The SMILES string of the molecule is COC(=O)c1cccc(NC(=O)NCCc2ccc(S(N)(=O)=O)cc2)c1. The summed E-state index contributed by atoms with van der Waals surface area (Å²) in [6, 6.07) is 12.1. The first-order chi connectivity index (χ1) is 12.3. The van der Waals surface area contributed by atoms with Gasteiger partial charge in [-0.2, -0.15) is 0 Å². The number of benzene rings is 2. The van der Waals surface area contributed by atoms with Crippen LogP contribution in [0.3, 0.4) is 0 Å². The molecule has 0 aliphatic rings. The Labute approximate surface area is 151 Å². The fourth-order valence-corrected chi connectivity index (χ4v) is 2.70. The maximum absolute atomic E-state index is 11.9. The Hall–Kier alpha value is -2.91. The molecule has 4 N–H and O–H groups in total. The van der Waals surface area contributed by atoms with Gasteiger partial charge in [0, 0.05) is 12.2 Å². The number of anilines is 1. The van der Waals surface area contributed by atoms with Crippen molar-refractivity contribution in [3.05, 3.63) is 59.7 Å². The van der Waals surface area contributed by atoms with E-state index in [0.717, 1.165) is 5.56 Å². The molecule has 0 unspecified atom stereocenters. The quantitative estimate of drug-likeness (QED) is 0.657. The molecule has 0 saturated heterocycles. The third-order valence-electron chi connectivity index (χ3n) is 3.49. The van der Waals surface area contributed by atoms with Crippen LogP contribution in [0.2, 0.25) is 0 Å². The highest BCUT2D eigenvalue weighted by Crippen LogP contribution is 2.12. The molecule has 0 bridgehead atoms. The zero-order chi connectivity index (χ0) is 19.2. The number of urea groups is 1. The summed E-state index contributed by atoms with van der Waals surface area (Å²) in [5.74, 6) is -0.489. The molecular formula is C17H19N3O5S. The Morgan fingerprint density at radius 3 is 2.42 bits per heavy atom. The van der Waals surface area contributed by atoms with E-state index in [4.69, 9.17) is 5.14 Å². The van der Waals surface area contributed by atoms with Crippen molar-refractivity contribution in [2.45, 2.75) is 11.3 Å². The van der Waals surface area contributed by atoms with Crippen molar-refractivity contribution < 1.29 is 22.7 Å². The molecule has 26 heavy (non-hydrogen) atoms. The van der Waals surface area contributed by atoms with Crippen molar-refractivity contribution in [3.63, 3.8) is 0 Å². The second-order valence-electron chi connectivity index (χ2n) is 5.39. The minimum absolute atomic E-state index is 0.0393. The van der Waals surface area contributed by atoms with Gasteiger partial charge in [0.15, 0.2) is 0 Å². The van der Waals surface area contributed by atoms with E-state index in [1.807, 2.05) is 0 Å². The van der Waals surface area contributed by atoms with Crippen molar-refractivity contribution in [1.82, 2.24) is 5.32 Å². The molecule has 0 aromatic heterocycles. The highest BCUT2D eigenvalue weighted by Gasteiger charge is 2.08. The molecule has 8 nitrogen and oxygen atoms in total. The monoisotopic (exact) mass is 377 g/mol. The van der Waals surface area contributed by atoms with Gasteiger partial charge in [0.25, 0.3) is 0 Å². The normalized spacial score (nSPS) is 10.8. The van der Waals surface area contributed by atoms with Gasteiger partial charge in [0.05, 0.1) is 17.6 Å². The summed E-state index contributed by atoms with van der Waals surface area (Å²) in [5.41, 5.74) is 1.65. The minimum atomic E-state index is -3.71. The van der Waals surface area contributed by atoms with Crippen molar-refractivity contribution in [2.75, 3.05) is 19.0 Å². The highest BCUT2D eigenvalue weighted by molar-refractivity contribution is 7.89. The summed E-state index contributed by atoms with van der Waals surface area (Å²) >= 11 is 0. The Morgan fingerprint density at radius 1 is 1.12 bits per heavy atom. The maximum atomic E-state index is 11.9. The fraction of sp³-hybridized carbons (Fsp3) is 0.176. The predicted octanol–water partition coefficient (Wildman–Crippen LogP) is 1.48. The third kappa shape index (κ3) is 5.57. The lowest BCUT2D eigenvalue weighted by Crippen LogP contribution is -2.30. The van der Waals surface area contributed by atoms with Crippen LogP contribution in [0, 0.1) is 0 Å². The number of nitrogens with one attached hydrogen (secondary N) is 2. The van der Waals surface area contributed by atoms with Gasteiger partial charge in [-0.15, -0.1) is 0 Å². The zero-order valence-electron chi connectivity index (χ0n) is 14.1. The first-order valence-electron chi connectivity index (χ1n) is 7.64. The molecule has 0 saturated carbocycles. The lowest BCUT2D eigenvalue weighted by Gasteiger charge is -2.09. The molecule has 138 valence electrons. The van der Waals surface area contributed by atoms with Crippen molar-refractivity contribution >= 4 is 27.7 Å². The van der Waals surface area contributed by atoms with E-state index < -0.39 is 22.0 Å². The predicted molar refractivity (Wildman–Crippen MR) is 96.3 cm³/mol. The average Bonchev–Trinajstić information content (AvgIpc) is 2.61. The van der Waals surface area contributed by atoms with Crippen LogP contribution in [-0.2, 0) is 21.2 Å². The summed E-state index contributed by atoms with van der Waals surface area (Å²) in [6.45, 7) is 0.344. The number of rotatable bonds is 6. The van der Waals surface area contributed by atoms with Crippen LogP contribution in [0.1, 0.15) is 15.9 Å². The van der Waals surface area contributed by atoms with Crippen LogP contribution < -0.4 is 15.8 Å². The van der Waals surface area contributed by atoms with E-state index in [2.05, 4.69) is 15.4 Å². The fourth-order valence-electron chi connectivity index (χ4n) is 2.18. The molecule has 2 aromatic rings. The van der Waals surface area contributed by atoms with Crippen LogP contribution in [0.15, 0.2) is 53.4 Å². The molecule has 2 amide bonds. The van der Waals surface area contributed by atoms with Crippen molar-refractivity contribution in [3.8, 4) is 0 Å². The second kappa shape index (κ2) is 8.45. The molecule has 0 atom stereocenters. The first kappa shape index (κ1) is 19.4. The molecule has 0 aliphatic heterocycles. The number of hydrogen-bond donors (Lipinski definition) is 3. The van der Waals surface area contributed by atoms with Gasteiger partial charge in [-0.3, -0.25) is 0 Å². The van der Waals surface area contributed by atoms with Gasteiger partial charge >= 0.3 is 12.0 Å². The topological polar surface area (TPSA) is 128 Å². The number of methoxy groups -OCH3 is 1. The van der Waals surface area contributed by atoms with Crippen LogP contribution in [-0.4, -0.2) is 34.1 Å². The molecule has 9 heteroatoms. The molecular weight excluding hydrogens is 358 g/mol. The number of primary sulfonamides is 1. The number of nitrogens with two attached hydrogens (primary N) is 1. The van der Waals surface area contributed by atoms with Gasteiger partial charge in [0.1, 0.15) is 0 Å². The van der Waals surface area contributed by atoms with Crippen molar-refractivity contribution in [2.24, 2.45) is 5.14 Å². The van der Waals surface area contributed by atoms with E-state index in [-0.39, 0.29) is 4.90 Å². The summed E-state index contributed by atoms with van der Waals surface area (Å²) in [4.78, 5) is 23.4. The molecule has 2 rings (SSSR count). The first-order valence-corrected chi connectivity index (χ1v) is 9.19. The van der Waals surface area contributed by atoms with Gasteiger partial charge in [-0.05, 0) is 42.3 Å². The number of amides is 2. The van der Waals surface area contributed by atoms with Crippen molar-refractivity contribution in [1.29, 1.82) is 0 Å². The standard InChI is InChI=1S/C17H19N3O5S/c1-25-16(21)13-3-2-4-14(11-13)20-17(22)19-10-9-12-5-7-15(8-6-12)26(18,23)24/h2-8,11H,9-10H2,1H3,(H2,18,23,24)(H2,19,20,22). The number of sulfonamides is 1. The summed E-state index contributed by atoms with van der Waals surface area (Å²) < 4.78 is 27.0. The van der Waals surface area contributed by atoms with Crippen LogP contribution in [0.5, 0.6) is 0 Å². The number of carbonyl (C=O) groups excluding carboxylic acids is 2. The van der Waals surface area contributed by atoms with E-state index in [0.29, 0.717) is 24.2 Å². The number of ether oxygens (including phenoxy) is 1. The molecule has 0 spiro atoms. The van der Waals surface area contributed by atoms with E-state index in [9.17, 15) is 18.0 Å². The summed E-state index contributed by atoms with van der Waals surface area (Å²) in [6.07, 6.45) is 0.514.